The fourth-order valence-corrected chi connectivity index (χ4v) is 1.91. The minimum Gasteiger partial charge on any atom is -0.491 e. The summed E-state index contributed by atoms with van der Waals surface area (Å²) in [6.45, 7) is 3.20. The number of carbonyl (C=O) groups excluding carboxylic acids is 2. The first-order valence-corrected chi connectivity index (χ1v) is 7.29. The second kappa shape index (κ2) is 7.68. The Morgan fingerprint density at radius 1 is 0.958 bits per heavy atom. The summed E-state index contributed by atoms with van der Waals surface area (Å²) in [6.07, 6.45) is 0.0107. The first kappa shape index (κ1) is 17.6. The van der Waals surface area contributed by atoms with E-state index < -0.39 is 30.0 Å². The molecule has 0 aliphatic rings. The van der Waals surface area contributed by atoms with E-state index in [1.807, 2.05) is 13.8 Å². The lowest BCUT2D eigenvalue weighted by atomic mass is 10.1. The molecule has 24 heavy (non-hydrogen) atoms. The van der Waals surface area contributed by atoms with Gasteiger partial charge in [-0.3, -0.25) is 4.79 Å². The zero-order valence-corrected chi connectivity index (χ0v) is 13.2. The van der Waals surface area contributed by atoms with Crippen LogP contribution in [0.1, 0.15) is 34.6 Å². The highest BCUT2D eigenvalue weighted by atomic mass is 19.2. The fraction of sp³-hybridized carbons (Fsp3) is 0.222. The van der Waals surface area contributed by atoms with Crippen molar-refractivity contribution in [2.75, 3.05) is 6.61 Å². The molecule has 0 bridgehead atoms. The van der Waals surface area contributed by atoms with Crippen molar-refractivity contribution < 1.29 is 27.8 Å². The molecule has 0 unspecified atom stereocenters. The molecule has 0 aromatic heterocycles. The van der Waals surface area contributed by atoms with E-state index in [1.165, 1.54) is 12.1 Å². The molecule has 0 radical (unpaired) electrons. The van der Waals surface area contributed by atoms with Crippen molar-refractivity contribution >= 4 is 11.8 Å². The molecule has 0 aliphatic carbocycles. The molecule has 2 aromatic rings. The van der Waals surface area contributed by atoms with E-state index in [0.717, 1.165) is 18.2 Å². The normalized spacial score (nSPS) is 10.5. The van der Waals surface area contributed by atoms with Crippen LogP contribution in [0.25, 0.3) is 0 Å². The quantitative estimate of drug-likeness (QED) is 0.596. The highest BCUT2D eigenvalue weighted by Gasteiger charge is 2.14. The van der Waals surface area contributed by atoms with Crippen LogP contribution in [-0.4, -0.2) is 24.5 Å². The van der Waals surface area contributed by atoms with Crippen molar-refractivity contribution in [1.29, 1.82) is 0 Å². The van der Waals surface area contributed by atoms with E-state index in [4.69, 9.17) is 9.47 Å². The number of esters is 1. The van der Waals surface area contributed by atoms with Gasteiger partial charge >= 0.3 is 5.97 Å². The molecular formula is C18H16F2O4. The van der Waals surface area contributed by atoms with Crippen LogP contribution in [0.2, 0.25) is 0 Å². The lowest BCUT2D eigenvalue weighted by Gasteiger charge is -2.10. The molecule has 2 rings (SSSR count). The van der Waals surface area contributed by atoms with Crippen LogP contribution in [0.4, 0.5) is 8.78 Å². The Hall–Kier alpha value is -2.76. The molecule has 0 N–H and O–H groups in total. The highest BCUT2D eigenvalue weighted by Crippen LogP contribution is 2.15. The maximum Gasteiger partial charge on any atom is 0.338 e. The van der Waals surface area contributed by atoms with Gasteiger partial charge in [-0.25, -0.2) is 13.6 Å². The number of ketones is 1. The topological polar surface area (TPSA) is 52.6 Å². The third-order valence-corrected chi connectivity index (χ3v) is 3.04. The van der Waals surface area contributed by atoms with E-state index in [2.05, 4.69) is 0 Å². The van der Waals surface area contributed by atoms with Gasteiger partial charge in [0.05, 0.1) is 11.7 Å². The summed E-state index contributed by atoms with van der Waals surface area (Å²) in [5.74, 6) is -2.89. The average molecular weight is 334 g/mol. The number of benzene rings is 2. The number of ether oxygens (including phenoxy) is 2. The molecule has 0 atom stereocenters. The van der Waals surface area contributed by atoms with Crippen molar-refractivity contribution in [3.05, 3.63) is 65.2 Å². The third kappa shape index (κ3) is 4.62. The van der Waals surface area contributed by atoms with Crippen molar-refractivity contribution in [2.45, 2.75) is 20.0 Å². The van der Waals surface area contributed by atoms with Gasteiger partial charge in [0.2, 0.25) is 0 Å². The summed E-state index contributed by atoms with van der Waals surface area (Å²) in [6, 6.07) is 9.01. The molecule has 0 heterocycles. The second-order valence-corrected chi connectivity index (χ2v) is 5.32. The Morgan fingerprint density at radius 3 is 2.17 bits per heavy atom. The smallest absolute Gasteiger partial charge is 0.338 e. The summed E-state index contributed by atoms with van der Waals surface area (Å²) < 4.78 is 36.3. The first-order valence-electron chi connectivity index (χ1n) is 7.29. The zero-order valence-electron chi connectivity index (χ0n) is 13.2. The number of Topliss-reactive ketones (excluding diaryl/α,β-unsaturated/α-hetero) is 1. The Kier molecular flexibility index (Phi) is 5.63. The number of rotatable bonds is 6. The summed E-state index contributed by atoms with van der Waals surface area (Å²) in [5.41, 5.74) is 0.187. The van der Waals surface area contributed by atoms with Gasteiger partial charge in [-0.15, -0.1) is 0 Å². The van der Waals surface area contributed by atoms with Gasteiger partial charge in [0, 0.05) is 5.56 Å². The van der Waals surface area contributed by atoms with Crippen LogP contribution < -0.4 is 4.74 Å². The second-order valence-electron chi connectivity index (χ2n) is 5.32. The molecular weight excluding hydrogens is 318 g/mol. The molecule has 0 fully saturated rings. The number of hydrogen-bond donors (Lipinski definition) is 0. The summed E-state index contributed by atoms with van der Waals surface area (Å²) in [4.78, 5) is 23.7. The number of carbonyl (C=O) groups is 2. The average Bonchev–Trinajstić information content (AvgIpc) is 2.55. The van der Waals surface area contributed by atoms with Crippen molar-refractivity contribution in [2.24, 2.45) is 0 Å². The fourth-order valence-electron chi connectivity index (χ4n) is 1.91. The van der Waals surface area contributed by atoms with Gasteiger partial charge < -0.3 is 9.47 Å². The van der Waals surface area contributed by atoms with Crippen LogP contribution >= 0.6 is 0 Å². The summed E-state index contributed by atoms with van der Waals surface area (Å²) in [5, 5.41) is 0. The maximum absolute atomic E-state index is 13.1. The monoisotopic (exact) mass is 334 g/mol. The van der Waals surface area contributed by atoms with E-state index in [0.29, 0.717) is 5.75 Å². The molecule has 4 nitrogen and oxygen atoms in total. The maximum atomic E-state index is 13.1. The molecule has 6 heteroatoms. The van der Waals surface area contributed by atoms with Crippen LogP contribution in [0.3, 0.4) is 0 Å². The van der Waals surface area contributed by atoms with Gasteiger partial charge in [-0.1, -0.05) is 0 Å². The van der Waals surface area contributed by atoms with Gasteiger partial charge in [0.1, 0.15) is 5.75 Å². The molecule has 0 amide bonds. The van der Waals surface area contributed by atoms with E-state index in [9.17, 15) is 18.4 Å². The van der Waals surface area contributed by atoms with E-state index in [1.54, 1.807) is 12.1 Å². The molecule has 0 saturated heterocycles. The zero-order chi connectivity index (χ0) is 17.7. The van der Waals surface area contributed by atoms with Crippen LogP contribution in [0, 0.1) is 11.6 Å². The van der Waals surface area contributed by atoms with Gasteiger partial charge in [-0.05, 0) is 56.3 Å². The molecule has 0 saturated carbocycles. The van der Waals surface area contributed by atoms with Crippen molar-refractivity contribution in [3.63, 3.8) is 0 Å². The Labute approximate surface area is 138 Å². The molecule has 2 aromatic carbocycles. The predicted molar refractivity (Wildman–Crippen MR) is 83.2 cm³/mol. The highest BCUT2D eigenvalue weighted by molar-refractivity contribution is 5.99. The Bertz CT molecular complexity index is 739. The lowest BCUT2D eigenvalue weighted by Crippen LogP contribution is -2.14. The third-order valence-electron chi connectivity index (χ3n) is 3.04. The van der Waals surface area contributed by atoms with Crippen LogP contribution in [-0.2, 0) is 4.74 Å². The number of halogens is 2. The van der Waals surface area contributed by atoms with E-state index in [-0.39, 0.29) is 17.2 Å². The number of hydrogen-bond acceptors (Lipinski definition) is 4. The first-order chi connectivity index (χ1) is 11.4. The minimum atomic E-state index is -1.13. The van der Waals surface area contributed by atoms with Gasteiger partial charge in [0.25, 0.3) is 0 Å². The van der Waals surface area contributed by atoms with Gasteiger partial charge in [-0.2, -0.15) is 0 Å². The molecule has 0 spiro atoms. The minimum absolute atomic E-state index is 0.0107. The lowest BCUT2D eigenvalue weighted by molar-refractivity contribution is 0.0474. The van der Waals surface area contributed by atoms with Crippen LogP contribution in [0.15, 0.2) is 42.5 Å². The SMILES string of the molecule is CC(C)Oc1ccc(C(=O)OCC(=O)c2ccc(F)c(F)c2)cc1. The molecule has 0 aliphatic heterocycles. The summed E-state index contributed by atoms with van der Waals surface area (Å²) in [7, 11) is 0. The Morgan fingerprint density at radius 2 is 1.58 bits per heavy atom. The summed E-state index contributed by atoms with van der Waals surface area (Å²) >= 11 is 0. The van der Waals surface area contributed by atoms with Gasteiger partial charge in [0.15, 0.2) is 24.0 Å². The van der Waals surface area contributed by atoms with E-state index >= 15 is 0 Å². The van der Waals surface area contributed by atoms with Crippen LogP contribution in [0.5, 0.6) is 5.75 Å². The molecule has 126 valence electrons. The Balaban J connectivity index is 1.94. The largest absolute Gasteiger partial charge is 0.491 e. The standard InChI is InChI=1S/C18H16F2O4/c1-11(2)24-14-6-3-12(4-7-14)18(22)23-10-17(21)13-5-8-15(19)16(20)9-13/h3-9,11H,10H2,1-2H3. The van der Waals surface area contributed by atoms with Crippen molar-refractivity contribution in [1.82, 2.24) is 0 Å². The predicted octanol–water partition coefficient (Wildman–Crippen LogP) is 3.79. The van der Waals surface area contributed by atoms with Crippen molar-refractivity contribution in [3.8, 4) is 5.75 Å².